The van der Waals surface area contributed by atoms with Crippen molar-refractivity contribution in [1.82, 2.24) is 25.1 Å². The Labute approximate surface area is 166 Å². The van der Waals surface area contributed by atoms with Gasteiger partial charge in [-0.3, -0.25) is 4.79 Å². The summed E-state index contributed by atoms with van der Waals surface area (Å²) >= 11 is 0. The summed E-state index contributed by atoms with van der Waals surface area (Å²) in [6.45, 7) is 1.71. The number of aromatic nitrogens is 4. The van der Waals surface area contributed by atoms with Crippen molar-refractivity contribution in [3.05, 3.63) is 71.6 Å². The molecule has 9 heteroatoms. The minimum absolute atomic E-state index is 0.0170. The first-order chi connectivity index (χ1) is 14.1. The molecule has 2 heterocycles. The highest BCUT2D eigenvalue weighted by Crippen LogP contribution is 2.20. The summed E-state index contributed by atoms with van der Waals surface area (Å²) in [4.78, 5) is 14.7. The standard InChI is InChI=1S/C20H20F2N6O/c21-18-8-7-16(10-19(18)22)24-17-2-1-9-27(12-17)20(29)15-5-3-14(4-6-15)11-28-13-23-25-26-28/h3-8,10,13,17,24H,1-2,9,11-12H2/t17-/m1/s1. The molecular weight excluding hydrogens is 378 g/mol. The molecule has 2 aromatic carbocycles. The molecule has 1 amide bonds. The van der Waals surface area contributed by atoms with Crippen LogP contribution in [0.2, 0.25) is 0 Å². The van der Waals surface area contributed by atoms with Crippen molar-refractivity contribution in [3.63, 3.8) is 0 Å². The van der Waals surface area contributed by atoms with Gasteiger partial charge in [-0.15, -0.1) is 5.10 Å². The van der Waals surface area contributed by atoms with E-state index in [-0.39, 0.29) is 11.9 Å². The van der Waals surface area contributed by atoms with E-state index in [9.17, 15) is 13.6 Å². The van der Waals surface area contributed by atoms with Gasteiger partial charge >= 0.3 is 0 Å². The molecule has 7 nitrogen and oxygen atoms in total. The van der Waals surface area contributed by atoms with E-state index in [0.717, 1.165) is 30.5 Å². The summed E-state index contributed by atoms with van der Waals surface area (Å²) in [6, 6.07) is 11.1. The van der Waals surface area contributed by atoms with Crippen LogP contribution in [0.4, 0.5) is 14.5 Å². The Morgan fingerprint density at radius 1 is 1.14 bits per heavy atom. The molecule has 3 aromatic rings. The summed E-state index contributed by atoms with van der Waals surface area (Å²) in [7, 11) is 0. The Balaban J connectivity index is 1.38. The van der Waals surface area contributed by atoms with E-state index < -0.39 is 11.6 Å². The fraction of sp³-hybridized carbons (Fsp3) is 0.300. The monoisotopic (exact) mass is 398 g/mol. The average molecular weight is 398 g/mol. The topological polar surface area (TPSA) is 75.9 Å². The van der Waals surface area contributed by atoms with Gasteiger partial charge in [-0.2, -0.15) is 0 Å². The quantitative estimate of drug-likeness (QED) is 0.715. The first-order valence-electron chi connectivity index (χ1n) is 9.39. The first kappa shape index (κ1) is 19.0. The summed E-state index contributed by atoms with van der Waals surface area (Å²) < 4.78 is 28.1. The van der Waals surface area contributed by atoms with Crippen LogP contribution in [0.1, 0.15) is 28.8 Å². The van der Waals surface area contributed by atoms with Crippen molar-refractivity contribution in [3.8, 4) is 0 Å². The number of anilines is 1. The minimum atomic E-state index is -0.888. The molecule has 0 aliphatic carbocycles. The Morgan fingerprint density at radius 2 is 1.97 bits per heavy atom. The van der Waals surface area contributed by atoms with Gasteiger partial charge in [-0.05, 0) is 53.1 Å². The lowest BCUT2D eigenvalue weighted by molar-refractivity contribution is 0.0715. The van der Waals surface area contributed by atoms with Crippen LogP contribution in [-0.2, 0) is 6.54 Å². The zero-order valence-corrected chi connectivity index (χ0v) is 15.6. The van der Waals surface area contributed by atoms with Gasteiger partial charge in [0.2, 0.25) is 0 Å². The van der Waals surface area contributed by atoms with Gasteiger partial charge in [-0.25, -0.2) is 13.5 Å². The number of hydrogen-bond donors (Lipinski definition) is 1. The molecule has 150 valence electrons. The molecular formula is C20H20F2N6O. The van der Waals surface area contributed by atoms with Crippen molar-refractivity contribution in [2.75, 3.05) is 18.4 Å². The summed E-state index contributed by atoms with van der Waals surface area (Å²) in [5.41, 5.74) is 2.11. The van der Waals surface area contributed by atoms with Gasteiger partial charge in [0.25, 0.3) is 5.91 Å². The van der Waals surface area contributed by atoms with Crippen LogP contribution >= 0.6 is 0 Å². The van der Waals surface area contributed by atoms with Gasteiger partial charge in [0, 0.05) is 36.4 Å². The van der Waals surface area contributed by atoms with E-state index in [1.54, 1.807) is 21.7 Å². The van der Waals surface area contributed by atoms with Crippen LogP contribution in [0.3, 0.4) is 0 Å². The van der Waals surface area contributed by atoms with E-state index in [1.807, 2.05) is 12.1 Å². The Morgan fingerprint density at radius 3 is 2.69 bits per heavy atom. The Kier molecular flexibility index (Phi) is 5.46. The largest absolute Gasteiger partial charge is 0.380 e. The molecule has 1 fully saturated rings. The molecule has 0 saturated carbocycles. The number of nitrogens with zero attached hydrogens (tertiary/aromatic N) is 5. The van der Waals surface area contributed by atoms with Gasteiger partial charge in [0.05, 0.1) is 6.54 Å². The van der Waals surface area contributed by atoms with E-state index in [2.05, 4.69) is 20.8 Å². The summed E-state index contributed by atoms with van der Waals surface area (Å²) in [5.74, 6) is -1.81. The fourth-order valence-corrected chi connectivity index (χ4v) is 3.48. The zero-order valence-electron chi connectivity index (χ0n) is 15.6. The Bertz CT molecular complexity index is 977. The number of carbonyl (C=O) groups excluding carboxylic acids is 1. The van der Waals surface area contributed by atoms with E-state index in [0.29, 0.717) is 30.9 Å². The molecule has 0 bridgehead atoms. The van der Waals surface area contributed by atoms with Crippen molar-refractivity contribution >= 4 is 11.6 Å². The fourth-order valence-electron chi connectivity index (χ4n) is 3.48. The number of amides is 1. The van der Waals surface area contributed by atoms with Crippen LogP contribution in [0.25, 0.3) is 0 Å². The van der Waals surface area contributed by atoms with Gasteiger partial charge in [-0.1, -0.05) is 12.1 Å². The van der Waals surface area contributed by atoms with E-state index in [1.165, 1.54) is 12.4 Å². The van der Waals surface area contributed by atoms with E-state index in [4.69, 9.17) is 0 Å². The lowest BCUT2D eigenvalue weighted by Crippen LogP contribution is -2.45. The average Bonchev–Trinajstić information content (AvgIpc) is 3.24. The highest BCUT2D eigenvalue weighted by Gasteiger charge is 2.24. The molecule has 4 rings (SSSR count). The maximum Gasteiger partial charge on any atom is 0.253 e. The third-order valence-electron chi connectivity index (χ3n) is 4.94. The van der Waals surface area contributed by atoms with Crippen molar-refractivity contribution in [2.24, 2.45) is 0 Å². The van der Waals surface area contributed by atoms with Crippen LogP contribution in [-0.4, -0.2) is 50.1 Å². The molecule has 1 N–H and O–H groups in total. The maximum atomic E-state index is 13.4. The lowest BCUT2D eigenvalue weighted by atomic mass is 10.0. The molecule has 1 saturated heterocycles. The van der Waals surface area contributed by atoms with Crippen molar-refractivity contribution in [1.29, 1.82) is 0 Å². The van der Waals surface area contributed by atoms with Crippen LogP contribution in [0.5, 0.6) is 0 Å². The molecule has 1 aliphatic rings. The lowest BCUT2D eigenvalue weighted by Gasteiger charge is -2.33. The molecule has 1 aromatic heterocycles. The van der Waals surface area contributed by atoms with E-state index >= 15 is 0 Å². The van der Waals surface area contributed by atoms with Crippen LogP contribution < -0.4 is 5.32 Å². The summed E-state index contributed by atoms with van der Waals surface area (Å²) in [5, 5.41) is 14.2. The predicted molar refractivity (Wildman–Crippen MR) is 102 cm³/mol. The number of nitrogens with one attached hydrogen (secondary N) is 1. The Hall–Kier alpha value is -3.36. The van der Waals surface area contributed by atoms with Crippen LogP contribution in [0.15, 0.2) is 48.8 Å². The molecule has 1 aliphatic heterocycles. The smallest absolute Gasteiger partial charge is 0.253 e. The molecule has 0 radical (unpaired) electrons. The second-order valence-electron chi connectivity index (χ2n) is 7.07. The third-order valence-corrected chi connectivity index (χ3v) is 4.94. The SMILES string of the molecule is O=C(c1ccc(Cn2cnnn2)cc1)N1CCC[C@@H](Nc2ccc(F)c(F)c2)C1. The molecule has 29 heavy (non-hydrogen) atoms. The number of halogens is 2. The second-order valence-corrected chi connectivity index (χ2v) is 7.07. The number of hydrogen-bond acceptors (Lipinski definition) is 5. The number of piperidine rings is 1. The van der Waals surface area contributed by atoms with Gasteiger partial charge in [0.1, 0.15) is 6.33 Å². The van der Waals surface area contributed by atoms with Crippen molar-refractivity contribution in [2.45, 2.75) is 25.4 Å². The van der Waals surface area contributed by atoms with Gasteiger partial charge < -0.3 is 10.2 Å². The minimum Gasteiger partial charge on any atom is -0.380 e. The van der Waals surface area contributed by atoms with Gasteiger partial charge in [0.15, 0.2) is 11.6 Å². The number of carbonyl (C=O) groups is 1. The summed E-state index contributed by atoms with van der Waals surface area (Å²) in [6.07, 6.45) is 3.23. The number of tetrazole rings is 1. The maximum absolute atomic E-state index is 13.4. The molecule has 1 atom stereocenters. The molecule has 0 spiro atoms. The highest BCUT2D eigenvalue weighted by atomic mass is 19.2. The molecule has 0 unspecified atom stereocenters. The third kappa shape index (κ3) is 4.56. The number of likely N-dealkylation sites (tertiary alicyclic amines) is 1. The normalized spacial score (nSPS) is 16.6. The van der Waals surface area contributed by atoms with Crippen molar-refractivity contribution < 1.29 is 13.6 Å². The highest BCUT2D eigenvalue weighted by molar-refractivity contribution is 5.94. The number of benzene rings is 2. The predicted octanol–water partition coefficient (Wildman–Crippen LogP) is 2.72. The second kappa shape index (κ2) is 8.34. The zero-order chi connectivity index (χ0) is 20.2. The first-order valence-corrected chi connectivity index (χ1v) is 9.39. The van der Waals surface area contributed by atoms with Crippen LogP contribution in [0, 0.1) is 11.6 Å². The number of rotatable bonds is 5.